The third-order valence-corrected chi connectivity index (χ3v) is 4.96. The van der Waals surface area contributed by atoms with E-state index in [-0.39, 0.29) is 23.0 Å². The number of aryl methyl sites for hydroxylation is 1. The summed E-state index contributed by atoms with van der Waals surface area (Å²) in [6, 6.07) is 10.5. The molecule has 148 valence electrons. The van der Waals surface area contributed by atoms with E-state index in [1.165, 1.54) is 0 Å². The van der Waals surface area contributed by atoms with E-state index in [4.69, 9.17) is 9.15 Å². The predicted octanol–water partition coefficient (Wildman–Crippen LogP) is 4.85. The molecule has 0 unspecified atom stereocenters. The van der Waals surface area contributed by atoms with Crippen molar-refractivity contribution in [2.75, 3.05) is 6.61 Å². The molecular weight excluding hydrogens is 390 g/mol. The van der Waals surface area contributed by atoms with Gasteiger partial charge in [0.25, 0.3) is 5.91 Å². The Morgan fingerprint density at radius 2 is 2.00 bits per heavy atom. The standard InChI is InChI=1S/C22H19NO5S/c1-3-27-22(26)18-19(24)17(8-4-6-16-7-5-13-28-16)29-21(18)23-20(25)15-11-9-14(2)10-12-15/h4-13,24H,3H2,1-2H3/b6-4+,17-8-,23-21?. The summed E-state index contributed by atoms with van der Waals surface area (Å²) in [6.45, 7) is 3.71. The summed E-state index contributed by atoms with van der Waals surface area (Å²) in [6.07, 6.45) is 6.54. The van der Waals surface area contributed by atoms with Crippen molar-refractivity contribution >= 4 is 34.8 Å². The minimum absolute atomic E-state index is 0.101. The van der Waals surface area contributed by atoms with Crippen molar-refractivity contribution in [3.63, 3.8) is 0 Å². The van der Waals surface area contributed by atoms with E-state index >= 15 is 0 Å². The molecule has 0 spiro atoms. The number of esters is 1. The molecule has 1 aliphatic heterocycles. The molecule has 1 aliphatic rings. The van der Waals surface area contributed by atoms with Gasteiger partial charge in [0, 0.05) is 5.56 Å². The SMILES string of the molecule is CCOC(=O)C1=C(O)/C(=C/C=C/c2ccco2)SC1=NC(=O)c1ccc(C)cc1. The summed E-state index contributed by atoms with van der Waals surface area (Å²) in [4.78, 5) is 29.3. The number of carbonyl (C=O) groups is 2. The topological polar surface area (TPSA) is 89.1 Å². The Morgan fingerprint density at radius 1 is 1.24 bits per heavy atom. The molecule has 0 bridgehead atoms. The number of aliphatic imine (C=N–C) groups is 1. The smallest absolute Gasteiger partial charge is 0.344 e. The van der Waals surface area contributed by atoms with Crippen LogP contribution in [-0.4, -0.2) is 28.6 Å². The Hall–Kier alpha value is -3.32. The number of furan rings is 1. The van der Waals surface area contributed by atoms with Crippen LogP contribution in [0.3, 0.4) is 0 Å². The number of aliphatic hydroxyl groups is 1. The third-order valence-electron chi connectivity index (χ3n) is 3.92. The van der Waals surface area contributed by atoms with Crippen molar-refractivity contribution in [3.05, 3.63) is 87.9 Å². The summed E-state index contributed by atoms with van der Waals surface area (Å²) >= 11 is 1.03. The Morgan fingerprint density at radius 3 is 2.66 bits per heavy atom. The zero-order valence-electron chi connectivity index (χ0n) is 15.9. The number of carbonyl (C=O) groups excluding carboxylic acids is 2. The maximum absolute atomic E-state index is 12.5. The van der Waals surface area contributed by atoms with Gasteiger partial charge in [0.2, 0.25) is 0 Å². The Bertz CT molecular complexity index is 1030. The minimum Gasteiger partial charge on any atom is -0.506 e. The van der Waals surface area contributed by atoms with Crippen LogP contribution < -0.4 is 0 Å². The van der Waals surface area contributed by atoms with Crippen LogP contribution in [-0.2, 0) is 9.53 Å². The van der Waals surface area contributed by atoms with Gasteiger partial charge in [0.15, 0.2) is 0 Å². The number of benzene rings is 1. The van der Waals surface area contributed by atoms with E-state index in [9.17, 15) is 14.7 Å². The molecule has 1 N–H and O–H groups in total. The quantitative estimate of drug-likeness (QED) is 0.711. The van der Waals surface area contributed by atoms with Crippen LogP contribution in [0.2, 0.25) is 0 Å². The van der Waals surface area contributed by atoms with E-state index in [0.717, 1.165) is 17.3 Å². The molecule has 1 aromatic carbocycles. The molecular formula is C22H19NO5S. The summed E-state index contributed by atoms with van der Waals surface area (Å²) in [5, 5.41) is 10.6. The van der Waals surface area contributed by atoms with Crippen LogP contribution in [0.15, 0.2) is 80.5 Å². The van der Waals surface area contributed by atoms with Crippen LogP contribution in [0.5, 0.6) is 0 Å². The third kappa shape index (κ3) is 4.94. The predicted molar refractivity (Wildman–Crippen MR) is 113 cm³/mol. The molecule has 0 aliphatic carbocycles. The van der Waals surface area contributed by atoms with Gasteiger partial charge in [0.1, 0.15) is 22.1 Å². The lowest BCUT2D eigenvalue weighted by atomic mass is 10.1. The Kier molecular flexibility index (Phi) is 6.51. The van der Waals surface area contributed by atoms with E-state index < -0.39 is 11.9 Å². The molecule has 7 heteroatoms. The van der Waals surface area contributed by atoms with Crippen molar-refractivity contribution in [1.29, 1.82) is 0 Å². The first-order valence-electron chi connectivity index (χ1n) is 8.90. The molecule has 3 rings (SSSR count). The Labute approximate surface area is 172 Å². The number of allylic oxidation sites excluding steroid dienone is 2. The molecule has 0 atom stereocenters. The first-order chi connectivity index (χ1) is 14.0. The van der Waals surface area contributed by atoms with Crippen molar-refractivity contribution in [2.24, 2.45) is 4.99 Å². The lowest BCUT2D eigenvalue weighted by molar-refractivity contribution is -0.138. The summed E-state index contributed by atoms with van der Waals surface area (Å²) in [5.41, 5.74) is 1.29. The van der Waals surface area contributed by atoms with Crippen molar-refractivity contribution in [3.8, 4) is 0 Å². The largest absolute Gasteiger partial charge is 0.506 e. The highest BCUT2D eigenvalue weighted by Gasteiger charge is 2.33. The highest BCUT2D eigenvalue weighted by molar-refractivity contribution is 8.18. The van der Waals surface area contributed by atoms with Gasteiger partial charge < -0.3 is 14.3 Å². The molecule has 2 heterocycles. The minimum atomic E-state index is -0.730. The number of hydrogen-bond donors (Lipinski definition) is 1. The molecule has 0 saturated heterocycles. The van der Waals surface area contributed by atoms with Gasteiger partial charge in [-0.15, -0.1) is 0 Å². The summed E-state index contributed by atoms with van der Waals surface area (Å²) < 4.78 is 10.2. The van der Waals surface area contributed by atoms with Gasteiger partial charge in [-0.05, 0) is 50.3 Å². The molecule has 0 radical (unpaired) electrons. The van der Waals surface area contributed by atoms with E-state index in [2.05, 4.69) is 4.99 Å². The monoisotopic (exact) mass is 409 g/mol. The lowest BCUT2D eigenvalue weighted by Crippen LogP contribution is -2.14. The number of ether oxygens (including phenoxy) is 1. The maximum Gasteiger partial charge on any atom is 0.344 e. The zero-order valence-corrected chi connectivity index (χ0v) is 16.7. The number of thioether (sulfide) groups is 1. The zero-order chi connectivity index (χ0) is 20.8. The van der Waals surface area contributed by atoms with Crippen LogP contribution in [0.1, 0.15) is 28.6 Å². The van der Waals surface area contributed by atoms with E-state index in [1.54, 1.807) is 67.8 Å². The van der Waals surface area contributed by atoms with Crippen LogP contribution in [0.4, 0.5) is 0 Å². The second kappa shape index (κ2) is 9.25. The van der Waals surface area contributed by atoms with Crippen molar-refractivity contribution < 1.29 is 23.8 Å². The molecule has 1 aromatic heterocycles. The average molecular weight is 409 g/mol. The summed E-state index contributed by atoms with van der Waals surface area (Å²) in [5.74, 6) is -0.865. The van der Waals surface area contributed by atoms with Crippen molar-refractivity contribution in [2.45, 2.75) is 13.8 Å². The van der Waals surface area contributed by atoms with E-state index in [0.29, 0.717) is 16.2 Å². The molecule has 1 amide bonds. The molecule has 0 fully saturated rings. The average Bonchev–Trinajstić information content (AvgIpc) is 3.31. The molecule has 0 saturated carbocycles. The highest BCUT2D eigenvalue weighted by Crippen LogP contribution is 2.38. The molecule has 29 heavy (non-hydrogen) atoms. The fraction of sp³-hybridized carbons (Fsp3) is 0.136. The fourth-order valence-corrected chi connectivity index (χ4v) is 3.44. The lowest BCUT2D eigenvalue weighted by Gasteiger charge is -2.03. The van der Waals surface area contributed by atoms with Crippen molar-refractivity contribution in [1.82, 2.24) is 0 Å². The molecule has 6 nitrogen and oxygen atoms in total. The van der Waals surface area contributed by atoms with Gasteiger partial charge in [0.05, 0.1) is 17.8 Å². The molecule has 2 aromatic rings. The van der Waals surface area contributed by atoms with Gasteiger partial charge >= 0.3 is 5.97 Å². The first kappa shape index (κ1) is 20.4. The Balaban J connectivity index is 1.92. The number of rotatable bonds is 5. The summed E-state index contributed by atoms with van der Waals surface area (Å²) in [7, 11) is 0. The van der Waals surface area contributed by atoms with Gasteiger partial charge in [-0.1, -0.05) is 35.5 Å². The van der Waals surface area contributed by atoms with Crippen LogP contribution in [0, 0.1) is 6.92 Å². The van der Waals surface area contributed by atoms with Gasteiger partial charge in [-0.2, -0.15) is 0 Å². The van der Waals surface area contributed by atoms with Crippen LogP contribution >= 0.6 is 11.8 Å². The first-order valence-corrected chi connectivity index (χ1v) is 9.71. The fourth-order valence-electron chi connectivity index (χ4n) is 2.48. The normalized spacial score (nSPS) is 16.9. The maximum atomic E-state index is 12.5. The number of hydrogen-bond acceptors (Lipinski definition) is 6. The number of amides is 1. The highest BCUT2D eigenvalue weighted by atomic mass is 32.2. The number of nitrogens with zero attached hydrogens (tertiary/aromatic N) is 1. The van der Waals surface area contributed by atoms with Gasteiger partial charge in [-0.25, -0.2) is 9.79 Å². The second-order valence-corrected chi connectivity index (χ2v) is 7.07. The van der Waals surface area contributed by atoms with Gasteiger partial charge in [-0.3, -0.25) is 4.79 Å². The van der Waals surface area contributed by atoms with E-state index in [1.807, 2.05) is 6.92 Å². The van der Waals surface area contributed by atoms with Crippen LogP contribution in [0.25, 0.3) is 6.08 Å². The number of aliphatic hydroxyl groups excluding tert-OH is 1. The second-order valence-electron chi connectivity index (χ2n) is 6.04.